The van der Waals surface area contributed by atoms with Crippen molar-refractivity contribution in [3.8, 4) is 11.5 Å². The fourth-order valence-corrected chi connectivity index (χ4v) is 2.72. The van der Waals surface area contributed by atoms with Gasteiger partial charge in [0.15, 0.2) is 11.5 Å². The molecule has 0 aromatic heterocycles. The summed E-state index contributed by atoms with van der Waals surface area (Å²) < 4.78 is 10.6. The molecule has 18 heavy (non-hydrogen) atoms. The Bertz CT molecular complexity index is 475. The van der Waals surface area contributed by atoms with Crippen LogP contribution in [0.5, 0.6) is 11.5 Å². The monoisotopic (exact) mass is 250 g/mol. The van der Waals surface area contributed by atoms with E-state index < -0.39 is 11.4 Å². The number of hydrogen-bond donors (Lipinski definition) is 1. The van der Waals surface area contributed by atoms with Crippen molar-refractivity contribution in [1.82, 2.24) is 0 Å². The molecule has 1 fully saturated rings. The third-order valence-corrected chi connectivity index (χ3v) is 3.85. The fraction of sp³-hybridized carbons (Fsp3) is 0.500. The van der Waals surface area contributed by atoms with Crippen LogP contribution in [0, 0.1) is 6.92 Å². The zero-order valence-corrected chi connectivity index (χ0v) is 10.9. The first kappa shape index (κ1) is 12.7. The minimum absolute atomic E-state index is 0.555. The van der Waals surface area contributed by atoms with E-state index in [2.05, 4.69) is 0 Å². The molecule has 1 aromatic rings. The highest BCUT2D eigenvalue weighted by Crippen LogP contribution is 2.51. The first-order valence-corrected chi connectivity index (χ1v) is 6.02. The van der Waals surface area contributed by atoms with Gasteiger partial charge in [0.05, 0.1) is 19.6 Å². The number of carboxylic acid groups (broad SMARTS) is 1. The van der Waals surface area contributed by atoms with E-state index in [-0.39, 0.29) is 0 Å². The molecule has 0 spiro atoms. The molecule has 0 saturated heterocycles. The Labute approximate surface area is 107 Å². The number of hydrogen-bond acceptors (Lipinski definition) is 3. The van der Waals surface area contributed by atoms with Crippen LogP contribution in [0.25, 0.3) is 0 Å². The van der Waals surface area contributed by atoms with Crippen LogP contribution in [0.15, 0.2) is 12.1 Å². The summed E-state index contributed by atoms with van der Waals surface area (Å²) in [5.74, 6) is 0.369. The lowest BCUT2D eigenvalue weighted by Gasteiger charge is -2.40. The topological polar surface area (TPSA) is 55.8 Å². The first-order chi connectivity index (χ1) is 8.56. The highest BCUT2D eigenvalue weighted by Gasteiger charge is 2.49. The van der Waals surface area contributed by atoms with Gasteiger partial charge in [-0.2, -0.15) is 0 Å². The van der Waals surface area contributed by atoms with Crippen LogP contribution in [0.3, 0.4) is 0 Å². The molecule has 1 aliphatic carbocycles. The van der Waals surface area contributed by atoms with E-state index in [1.54, 1.807) is 14.2 Å². The summed E-state index contributed by atoms with van der Waals surface area (Å²) in [5, 5.41) is 9.55. The summed E-state index contributed by atoms with van der Waals surface area (Å²) in [4.78, 5) is 11.6. The summed E-state index contributed by atoms with van der Waals surface area (Å²) in [6.45, 7) is 1.92. The number of ether oxygens (including phenoxy) is 2. The van der Waals surface area contributed by atoms with Crippen molar-refractivity contribution in [2.45, 2.75) is 31.6 Å². The van der Waals surface area contributed by atoms with Gasteiger partial charge in [0.25, 0.3) is 0 Å². The van der Waals surface area contributed by atoms with Crippen molar-refractivity contribution >= 4 is 5.97 Å². The van der Waals surface area contributed by atoms with Crippen LogP contribution < -0.4 is 9.47 Å². The zero-order chi connectivity index (χ0) is 13.3. The standard InChI is InChI=1S/C14H18O4/c1-9-5-6-10(17-2)12(18-3)11(9)14(13(15)16)7-4-8-14/h5-6H,4,7-8H2,1-3H3,(H,15,16). The van der Waals surface area contributed by atoms with Gasteiger partial charge in [0.2, 0.25) is 0 Å². The fourth-order valence-electron chi connectivity index (χ4n) is 2.72. The predicted octanol–water partition coefficient (Wildman–Crippen LogP) is 2.52. The largest absolute Gasteiger partial charge is 0.493 e. The molecule has 2 rings (SSSR count). The number of aliphatic carboxylic acids is 1. The van der Waals surface area contributed by atoms with Crippen molar-refractivity contribution in [3.63, 3.8) is 0 Å². The first-order valence-electron chi connectivity index (χ1n) is 6.02. The van der Waals surface area contributed by atoms with E-state index in [9.17, 15) is 9.90 Å². The Balaban J connectivity index is 2.65. The third kappa shape index (κ3) is 1.64. The smallest absolute Gasteiger partial charge is 0.314 e. The molecular weight excluding hydrogens is 232 g/mol. The SMILES string of the molecule is COc1ccc(C)c(C2(C(=O)O)CCC2)c1OC. The normalized spacial score (nSPS) is 16.8. The molecule has 1 aliphatic rings. The van der Waals surface area contributed by atoms with Gasteiger partial charge in [-0.05, 0) is 31.4 Å². The van der Waals surface area contributed by atoms with Gasteiger partial charge in [-0.15, -0.1) is 0 Å². The number of benzene rings is 1. The second-order valence-corrected chi connectivity index (χ2v) is 4.73. The number of rotatable bonds is 4. The van der Waals surface area contributed by atoms with E-state index >= 15 is 0 Å². The second-order valence-electron chi connectivity index (χ2n) is 4.73. The minimum atomic E-state index is -0.802. The minimum Gasteiger partial charge on any atom is -0.493 e. The van der Waals surface area contributed by atoms with Crippen LogP contribution in [0.4, 0.5) is 0 Å². The third-order valence-electron chi connectivity index (χ3n) is 3.85. The van der Waals surface area contributed by atoms with Crippen LogP contribution in [-0.2, 0) is 10.2 Å². The zero-order valence-electron chi connectivity index (χ0n) is 10.9. The van der Waals surface area contributed by atoms with E-state index in [1.165, 1.54) is 0 Å². The average molecular weight is 250 g/mol. The molecule has 1 N–H and O–H groups in total. The van der Waals surface area contributed by atoms with E-state index in [1.807, 2.05) is 19.1 Å². The Morgan fingerprint density at radius 2 is 1.94 bits per heavy atom. The second kappa shape index (κ2) is 4.52. The molecule has 4 nitrogen and oxygen atoms in total. The van der Waals surface area contributed by atoms with Gasteiger partial charge in [-0.1, -0.05) is 12.5 Å². The number of aryl methyl sites for hydroxylation is 1. The number of carboxylic acids is 1. The average Bonchev–Trinajstić information content (AvgIpc) is 2.29. The number of methoxy groups -OCH3 is 2. The molecule has 0 bridgehead atoms. The van der Waals surface area contributed by atoms with Crippen LogP contribution in [0.2, 0.25) is 0 Å². The highest BCUT2D eigenvalue weighted by molar-refractivity contribution is 5.85. The van der Waals surface area contributed by atoms with Gasteiger partial charge in [-0.25, -0.2) is 0 Å². The van der Waals surface area contributed by atoms with Gasteiger partial charge in [-0.3, -0.25) is 4.79 Å². The van der Waals surface area contributed by atoms with E-state index in [4.69, 9.17) is 9.47 Å². The van der Waals surface area contributed by atoms with Crippen molar-refractivity contribution in [2.75, 3.05) is 14.2 Å². The Morgan fingerprint density at radius 3 is 2.33 bits per heavy atom. The maximum atomic E-state index is 11.6. The van der Waals surface area contributed by atoms with Gasteiger partial charge in [0.1, 0.15) is 0 Å². The summed E-state index contributed by atoms with van der Waals surface area (Å²) in [5.41, 5.74) is 0.905. The lowest BCUT2D eigenvalue weighted by atomic mass is 9.63. The molecule has 1 aromatic carbocycles. The molecule has 0 atom stereocenters. The van der Waals surface area contributed by atoms with E-state index in [0.29, 0.717) is 24.3 Å². The maximum absolute atomic E-state index is 11.6. The summed E-state index contributed by atoms with van der Waals surface area (Å²) in [6.07, 6.45) is 2.26. The van der Waals surface area contributed by atoms with Gasteiger partial charge >= 0.3 is 5.97 Å². The quantitative estimate of drug-likeness (QED) is 0.892. The maximum Gasteiger partial charge on any atom is 0.314 e. The number of carbonyl (C=O) groups is 1. The Morgan fingerprint density at radius 1 is 1.28 bits per heavy atom. The predicted molar refractivity (Wildman–Crippen MR) is 67.4 cm³/mol. The molecule has 0 radical (unpaired) electrons. The Kier molecular flexibility index (Phi) is 3.20. The molecule has 4 heteroatoms. The molecule has 0 unspecified atom stereocenters. The van der Waals surface area contributed by atoms with Gasteiger partial charge in [0, 0.05) is 5.56 Å². The van der Waals surface area contributed by atoms with Crippen LogP contribution in [-0.4, -0.2) is 25.3 Å². The van der Waals surface area contributed by atoms with E-state index in [0.717, 1.165) is 17.5 Å². The lowest BCUT2D eigenvalue weighted by molar-refractivity contribution is -0.147. The van der Waals surface area contributed by atoms with Crippen molar-refractivity contribution in [2.24, 2.45) is 0 Å². The summed E-state index contributed by atoms with van der Waals surface area (Å²) in [7, 11) is 3.11. The van der Waals surface area contributed by atoms with Crippen molar-refractivity contribution in [3.05, 3.63) is 23.3 Å². The van der Waals surface area contributed by atoms with Crippen LogP contribution >= 0.6 is 0 Å². The van der Waals surface area contributed by atoms with Crippen molar-refractivity contribution in [1.29, 1.82) is 0 Å². The molecule has 0 aliphatic heterocycles. The molecule has 98 valence electrons. The molecule has 1 saturated carbocycles. The summed E-state index contributed by atoms with van der Waals surface area (Å²) >= 11 is 0. The van der Waals surface area contributed by atoms with Crippen molar-refractivity contribution < 1.29 is 19.4 Å². The Hall–Kier alpha value is -1.71. The van der Waals surface area contributed by atoms with Crippen LogP contribution in [0.1, 0.15) is 30.4 Å². The molecular formula is C14H18O4. The summed E-state index contributed by atoms with van der Waals surface area (Å²) in [6, 6.07) is 3.70. The van der Waals surface area contributed by atoms with Gasteiger partial charge < -0.3 is 14.6 Å². The highest BCUT2D eigenvalue weighted by atomic mass is 16.5. The molecule has 0 amide bonds. The molecule has 0 heterocycles. The lowest BCUT2D eigenvalue weighted by Crippen LogP contribution is -2.43.